The molecule has 1 aliphatic heterocycles. The molecule has 1 saturated heterocycles. The quantitative estimate of drug-likeness (QED) is 0.884. The highest BCUT2D eigenvalue weighted by Gasteiger charge is 2.27. The van der Waals surface area contributed by atoms with Gasteiger partial charge in [-0.3, -0.25) is 0 Å². The van der Waals surface area contributed by atoms with Gasteiger partial charge < -0.3 is 9.84 Å². The third-order valence-corrected chi connectivity index (χ3v) is 3.67. The summed E-state index contributed by atoms with van der Waals surface area (Å²) < 4.78 is 7.28. The maximum atomic E-state index is 9.34. The molecule has 0 aliphatic carbocycles. The molecule has 0 amide bonds. The second-order valence-corrected chi connectivity index (χ2v) is 5.26. The average molecular weight is 267 g/mol. The summed E-state index contributed by atoms with van der Waals surface area (Å²) >= 11 is 1.44. The molecule has 1 unspecified atom stereocenters. The number of aliphatic hydroxyl groups is 1. The molecule has 0 bridgehead atoms. The van der Waals surface area contributed by atoms with E-state index in [0.29, 0.717) is 10.8 Å². The predicted octanol–water partition coefficient (Wildman–Crippen LogP) is 0.771. The van der Waals surface area contributed by atoms with Crippen molar-refractivity contribution in [3.05, 3.63) is 16.4 Å². The summed E-state index contributed by atoms with van der Waals surface area (Å²) in [4.78, 5) is 0. The van der Waals surface area contributed by atoms with Gasteiger partial charge in [0.1, 0.15) is 22.5 Å². The Balaban J connectivity index is 2.06. The van der Waals surface area contributed by atoms with Gasteiger partial charge in [-0.1, -0.05) is 16.6 Å². The molecule has 1 N–H and O–H groups in total. The number of hydrogen-bond acceptors (Lipinski definition) is 7. The van der Waals surface area contributed by atoms with Crippen LogP contribution in [0.4, 0.5) is 0 Å². The van der Waals surface area contributed by atoms with E-state index in [4.69, 9.17) is 4.74 Å². The smallest absolute Gasteiger partial charge is 0.234 e. The van der Waals surface area contributed by atoms with Gasteiger partial charge in [0.15, 0.2) is 0 Å². The Hall–Kier alpha value is -1.38. The van der Waals surface area contributed by atoms with Crippen LogP contribution >= 0.6 is 11.3 Å². The van der Waals surface area contributed by atoms with Crippen LogP contribution in [0.2, 0.25) is 0 Å². The molecule has 96 valence electrons. The van der Waals surface area contributed by atoms with Crippen molar-refractivity contribution in [3.63, 3.8) is 0 Å². The number of aromatic nitrogens is 5. The molecule has 1 fully saturated rings. The lowest BCUT2D eigenvalue weighted by atomic mass is 10.1. The standard InChI is InChI=1S/C10H13N5O2S/c1-6-11-13-10(18-6)15-9(7(5-16)12-14-15)8-3-2-4-17-8/h8,16H,2-5H2,1H3. The number of hydrogen-bond donors (Lipinski definition) is 1. The Bertz CT molecular complexity index is 546. The van der Waals surface area contributed by atoms with Crippen molar-refractivity contribution in [1.29, 1.82) is 0 Å². The predicted molar refractivity (Wildman–Crippen MR) is 63.4 cm³/mol. The second kappa shape index (κ2) is 4.71. The summed E-state index contributed by atoms with van der Waals surface area (Å²) in [7, 11) is 0. The van der Waals surface area contributed by atoms with Crippen LogP contribution in [0.3, 0.4) is 0 Å². The van der Waals surface area contributed by atoms with Gasteiger partial charge >= 0.3 is 0 Å². The maximum absolute atomic E-state index is 9.34. The number of aryl methyl sites for hydroxylation is 1. The van der Waals surface area contributed by atoms with E-state index in [1.165, 1.54) is 11.3 Å². The number of aliphatic hydroxyl groups excluding tert-OH is 1. The topological polar surface area (TPSA) is 86.0 Å². The van der Waals surface area contributed by atoms with E-state index in [2.05, 4.69) is 20.5 Å². The van der Waals surface area contributed by atoms with E-state index in [0.717, 1.165) is 30.2 Å². The Kier molecular flexibility index (Phi) is 3.06. The Morgan fingerprint density at radius 1 is 1.44 bits per heavy atom. The average Bonchev–Trinajstić information content (AvgIpc) is 3.07. The number of rotatable bonds is 3. The molecular weight excluding hydrogens is 254 g/mol. The minimum Gasteiger partial charge on any atom is -0.390 e. The molecule has 3 heterocycles. The molecule has 8 heteroatoms. The molecule has 7 nitrogen and oxygen atoms in total. The Morgan fingerprint density at radius 3 is 2.94 bits per heavy atom. The summed E-state index contributed by atoms with van der Waals surface area (Å²) in [5.74, 6) is 0. The minimum absolute atomic E-state index is 0.0636. The van der Waals surface area contributed by atoms with Crippen LogP contribution in [0.15, 0.2) is 0 Å². The van der Waals surface area contributed by atoms with Crippen molar-refractivity contribution >= 4 is 11.3 Å². The zero-order chi connectivity index (χ0) is 12.5. The second-order valence-electron chi connectivity index (χ2n) is 4.10. The van der Waals surface area contributed by atoms with Gasteiger partial charge in [0.25, 0.3) is 0 Å². The van der Waals surface area contributed by atoms with Crippen LogP contribution in [0, 0.1) is 6.92 Å². The molecule has 2 aromatic rings. The van der Waals surface area contributed by atoms with Gasteiger partial charge in [0.2, 0.25) is 5.13 Å². The van der Waals surface area contributed by atoms with Crippen molar-refractivity contribution in [3.8, 4) is 5.13 Å². The van der Waals surface area contributed by atoms with E-state index in [1.807, 2.05) is 6.92 Å². The van der Waals surface area contributed by atoms with Crippen LogP contribution in [-0.2, 0) is 11.3 Å². The molecule has 18 heavy (non-hydrogen) atoms. The summed E-state index contributed by atoms with van der Waals surface area (Å²) in [5.41, 5.74) is 1.35. The molecule has 0 spiro atoms. The van der Waals surface area contributed by atoms with Gasteiger partial charge in [0, 0.05) is 6.61 Å². The Labute approximate surface area is 107 Å². The zero-order valence-corrected chi connectivity index (χ0v) is 10.7. The summed E-state index contributed by atoms with van der Waals surface area (Å²) in [6.07, 6.45) is 1.86. The van der Waals surface area contributed by atoms with Gasteiger partial charge in [-0.05, 0) is 19.8 Å². The fraction of sp³-hybridized carbons (Fsp3) is 0.600. The normalized spacial score (nSPS) is 19.6. The first-order valence-corrected chi connectivity index (χ1v) is 6.58. The van der Waals surface area contributed by atoms with Crippen molar-refractivity contribution in [2.45, 2.75) is 32.5 Å². The number of ether oxygens (including phenoxy) is 1. The van der Waals surface area contributed by atoms with E-state index in [1.54, 1.807) is 4.68 Å². The lowest BCUT2D eigenvalue weighted by Gasteiger charge is -2.10. The monoisotopic (exact) mass is 267 g/mol. The van der Waals surface area contributed by atoms with Crippen molar-refractivity contribution < 1.29 is 9.84 Å². The summed E-state index contributed by atoms with van der Waals surface area (Å²) in [6, 6.07) is 0. The zero-order valence-electron chi connectivity index (χ0n) is 9.91. The van der Waals surface area contributed by atoms with Crippen molar-refractivity contribution in [2.24, 2.45) is 0 Å². The largest absolute Gasteiger partial charge is 0.390 e. The van der Waals surface area contributed by atoms with Gasteiger partial charge in [-0.25, -0.2) is 0 Å². The molecule has 1 aliphatic rings. The highest BCUT2D eigenvalue weighted by atomic mass is 32.1. The SMILES string of the molecule is Cc1nnc(-n2nnc(CO)c2C2CCCO2)s1. The third-order valence-electron chi connectivity index (χ3n) is 2.86. The molecule has 0 radical (unpaired) electrons. The van der Waals surface area contributed by atoms with Gasteiger partial charge in [-0.15, -0.1) is 15.3 Å². The highest BCUT2D eigenvalue weighted by molar-refractivity contribution is 7.13. The molecular formula is C10H13N5O2S. The van der Waals surface area contributed by atoms with Gasteiger partial charge in [0.05, 0.1) is 6.61 Å². The summed E-state index contributed by atoms with van der Waals surface area (Å²) in [6.45, 7) is 2.47. The van der Waals surface area contributed by atoms with Crippen LogP contribution in [0.25, 0.3) is 5.13 Å². The van der Waals surface area contributed by atoms with E-state index < -0.39 is 0 Å². The first kappa shape index (κ1) is 11.7. The fourth-order valence-electron chi connectivity index (χ4n) is 2.06. The van der Waals surface area contributed by atoms with E-state index in [9.17, 15) is 5.11 Å². The minimum atomic E-state index is -0.146. The van der Waals surface area contributed by atoms with E-state index in [-0.39, 0.29) is 12.7 Å². The summed E-state index contributed by atoms with van der Waals surface area (Å²) in [5, 5.41) is 26.9. The van der Waals surface area contributed by atoms with Crippen LogP contribution in [-0.4, -0.2) is 36.9 Å². The van der Waals surface area contributed by atoms with Crippen LogP contribution in [0.5, 0.6) is 0 Å². The molecule has 3 rings (SSSR count). The molecule has 0 aromatic carbocycles. The highest BCUT2D eigenvalue weighted by Crippen LogP contribution is 2.31. The lowest BCUT2D eigenvalue weighted by Crippen LogP contribution is -2.09. The molecule has 0 saturated carbocycles. The first-order valence-electron chi connectivity index (χ1n) is 5.77. The fourth-order valence-corrected chi connectivity index (χ4v) is 2.71. The number of nitrogens with zero attached hydrogens (tertiary/aromatic N) is 5. The van der Waals surface area contributed by atoms with Crippen molar-refractivity contribution in [2.75, 3.05) is 6.61 Å². The molecule has 2 aromatic heterocycles. The van der Waals surface area contributed by atoms with Crippen LogP contribution in [0.1, 0.15) is 35.3 Å². The van der Waals surface area contributed by atoms with Crippen LogP contribution < -0.4 is 0 Å². The van der Waals surface area contributed by atoms with Crippen molar-refractivity contribution in [1.82, 2.24) is 25.2 Å². The van der Waals surface area contributed by atoms with Gasteiger partial charge in [-0.2, -0.15) is 4.68 Å². The first-order chi connectivity index (χ1) is 8.79. The Morgan fingerprint density at radius 2 is 2.33 bits per heavy atom. The molecule has 1 atom stereocenters. The third kappa shape index (κ3) is 1.92. The lowest BCUT2D eigenvalue weighted by molar-refractivity contribution is 0.104. The van der Waals surface area contributed by atoms with E-state index >= 15 is 0 Å². The maximum Gasteiger partial charge on any atom is 0.234 e.